The largest absolute Gasteiger partial charge is 0.365 e. The standard InChI is InChI=1S/C16H18N2OS/c1-10(19)15-14(18-16(17-2)20-15)13-8-7-11-5-3-4-6-12(11)9-13/h7-9H,3-6H2,1-2H3,(H,17,18). The first kappa shape index (κ1) is 13.3. The molecule has 0 fully saturated rings. The van der Waals surface area contributed by atoms with E-state index in [2.05, 4.69) is 28.5 Å². The molecule has 0 unspecified atom stereocenters. The van der Waals surface area contributed by atoms with Crippen molar-refractivity contribution in [1.82, 2.24) is 4.98 Å². The van der Waals surface area contributed by atoms with Gasteiger partial charge in [-0.15, -0.1) is 0 Å². The molecule has 4 heteroatoms. The van der Waals surface area contributed by atoms with Crippen molar-refractivity contribution in [2.24, 2.45) is 0 Å². The third-order valence-electron chi connectivity index (χ3n) is 3.78. The normalized spacial score (nSPS) is 13.9. The summed E-state index contributed by atoms with van der Waals surface area (Å²) in [6.07, 6.45) is 4.86. The maximum atomic E-state index is 11.8. The topological polar surface area (TPSA) is 42.0 Å². The zero-order valence-corrected chi connectivity index (χ0v) is 12.6. The molecule has 3 nitrogen and oxygen atoms in total. The van der Waals surface area contributed by atoms with Gasteiger partial charge in [-0.3, -0.25) is 4.79 Å². The Labute approximate surface area is 123 Å². The van der Waals surface area contributed by atoms with Crippen molar-refractivity contribution >= 4 is 22.3 Å². The fourth-order valence-corrected chi connectivity index (χ4v) is 3.58. The van der Waals surface area contributed by atoms with Crippen LogP contribution >= 0.6 is 11.3 Å². The van der Waals surface area contributed by atoms with Gasteiger partial charge in [-0.05, 0) is 42.9 Å². The minimum absolute atomic E-state index is 0.0803. The molecule has 0 amide bonds. The molecule has 0 spiro atoms. The van der Waals surface area contributed by atoms with Crippen LogP contribution in [0.4, 0.5) is 5.13 Å². The summed E-state index contributed by atoms with van der Waals surface area (Å²) in [4.78, 5) is 17.1. The molecule has 1 aromatic heterocycles. The Morgan fingerprint density at radius 2 is 2.00 bits per heavy atom. The first-order valence-electron chi connectivity index (χ1n) is 7.00. The van der Waals surface area contributed by atoms with Crippen molar-refractivity contribution in [3.05, 3.63) is 34.2 Å². The Hall–Kier alpha value is -1.68. The van der Waals surface area contributed by atoms with Gasteiger partial charge in [0, 0.05) is 19.5 Å². The number of rotatable bonds is 3. The van der Waals surface area contributed by atoms with E-state index in [0.717, 1.165) is 27.7 Å². The molecule has 0 atom stereocenters. The lowest BCUT2D eigenvalue weighted by Gasteiger charge is -2.16. The Bertz CT molecular complexity index is 660. The van der Waals surface area contributed by atoms with E-state index in [1.807, 2.05) is 7.05 Å². The summed E-state index contributed by atoms with van der Waals surface area (Å²) in [5, 5.41) is 3.82. The van der Waals surface area contributed by atoms with Gasteiger partial charge in [0.05, 0.1) is 10.6 Å². The van der Waals surface area contributed by atoms with Gasteiger partial charge in [0.2, 0.25) is 0 Å². The summed E-state index contributed by atoms with van der Waals surface area (Å²) in [5.41, 5.74) is 4.75. The summed E-state index contributed by atoms with van der Waals surface area (Å²) in [5.74, 6) is 0.0803. The predicted molar refractivity (Wildman–Crippen MR) is 83.7 cm³/mol. The van der Waals surface area contributed by atoms with E-state index in [1.165, 1.54) is 41.7 Å². The van der Waals surface area contributed by atoms with Gasteiger partial charge in [0.15, 0.2) is 10.9 Å². The number of fused-ring (bicyclic) bond motifs is 1. The molecule has 1 aliphatic rings. The van der Waals surface area contributed by atoms with Crippen LogP contribution in [0.5, 0.6) is 0 Å². The maximum Gasteiger partial charge on any atom is 0.183 e. The Morgan fingerprint density at radius 1 is 1.25 bits per heavy atom. The molecular formula is C16H18N2OS. The highest BCUT2D eigenvalue weighted by molar-refractivity contribution is 7.18. The van der Waals surface area contributed by atoms with Crippen LogP contribution in [-0.2, 0) is 12.8 Å². The molecule has 3 rings (SSSR count). The molecule has 1 aliphatic carbocycles. The molecule has 104 valence electrons. The number of nitrogens with zero attached hydrogens (tertiary/aromatic N) is 1. The SMILES string of the molecule is CNc1nc(-c2ccc3c(c2)CCCC3)c(C(C)=O)s1. The molecule has 0 aliphatic heterocycles. The number of aryl methyl sites for hydroxylation is 2. The Kier molecular flexibility index (Phi) is 3.57. The van der Waals surface area contributed by atoms with E-state index in [9.17, 15) is 4.79 Å². The number of hydrogen-bond donors (Lipinski definition) is 1. The first-order valence-corrected chi connectivity index (χ1v) is 7.82. The van der Waals surface area contributed by atoms with Gasteiger partial charge in [-0.2, -0.15) is 0 Å². The molecule has 0 bridgehead atoms. The molecule has 20 heavy (non-hydrogen) atoms. The van der Waals surface area contributed by atoms with Crippen LogP contribution in [-0.4, -0.2) is 17.8 Å². The zero-order chi connectivity index (χ0) is 14.1. The Morgan fingerprint density at radius 3 is 2.70 bits per heavy atom. The molecule has 1 N–H and O–H groups in total. The lowest BCUT2D eigenvalue weighted by molar-refractivity contribution is 0.102. The van der Waals surface area contributed by atoms with Crippen molar-refractivity contribution < 1.29 is 4.79 Å². The number of thiazole rings is 1. The monoisotopic (exact) mass is 286 g/mol. The van der Waals surface area contributed by atoms with Crippen molar-refractivity contribution in [1.29, 1.82) is 0 Å². The van der Waals surface area contributed by atoms with E-state index >= 15 is 0 Å². The fraction of sp³-hybridized carbons (Fsp3) is 0.375. The number of carbonyl (C=O) groups is 1. The van der Waals surface area contributed by atoms with E-state index in [-0.39, 0.29) is 5.78 Å². The maximum absolute atomic E-state index is 11.8. The van der Waals surface area contributed by atoms with Crippen molar-refractivity contribution in [2.45, 2.75) is 32.6 Å². The molecule has 1 heterocycles. The minimum Gasteiger partial charge on any atom is -0.365 e. The molecular weight excluding hydrogens is 268 g/mol. The van der Waals surface area contributed by atoms with Crippen molar-refractivity contribution in [2.75, 3.05) is 12.4 Å². The van der Waals surface area contributed by atoms with Crippen LogP contribution in [0.3, 0.4) is 0 Å². The van der Waals surface area contributed by atoms with E-state index < -0.39 is 0 Å². The number of aromatic nitrogens is 1. The summed E-state index contributed by atoms with van der Waals surface area (Å²) in [6.45, 7) is 1.61. The highest BCUT2D eigenvalue weighted by Gasteiger charge is 2.18. The fourth-order valence-electron chi connectivity index (χ4n) is 2.74. The van der Waals surface area contributed by atoms with Gasteiger partial charge in [-0.25, -0.2) is 4.98 Å². The van der Waals surface area contributed by atoms with Crippen LogP contribution < -0.4 is 5.32 Å². The lowest BCUT2D eigenvalue weighted by atomic mass is 9.90. The second-order valence-corrected chi connectivity index (χ2v) is 6.19. The summed E-state index contributed by atoms with van der Waals surface area (Å²) < 4.78 is 0. The molecule has 2 aromatic rings. The molecule has 0 saturated carbocycles. The molecule has 0 radical (unpaired) electrons. The van der Waals surface area contributed by atoms with Gasteiger partial charge in [0.1, 0.15) is 0 Å². The first-order chi connectivity index (χ1) is 9.69. The number of ketones is 1. The van der Waals surface area contributed by atoms with Gasteiger partial charge in [0.25, 0.3) is 0 Å². The third-order valence-corrected chi connectivity index (χ3v) is 4.96. The average molecular weight is 286 g/mol. The second kappa shape index (κ2) is 5.37. The van der Waals surface area contributed by atoms with E-state index in [1.54, 1.807) is 6.92 Å². The molecule has 0 saturated heterocycles. The average Bonchev–Trinajstić information content (AvgIpc) is 2.91. The van der Waals surface area contributed by atoms with Crippen LogP contribution in [0.25, 0.3) is 11.3 Å². The highest BCUT2D eigenvalue weighted by Crippen LogP contribution is 2.33. The van der Waals surface area contributed by atoms with Crippen molar-refractivity contribution in [3.63, 3.8) is 0 Å². The number of anilines is 1. The quantitative estimate of drug-likeness (QED) is 0.869. The van der Waals surface area contributed by atoms with Crippen molar-refractivity contribution in [3.8, 4) is 11.3 Å². The number of carbonyl (C=O) groups excluding carboxylic acids is 1. The number of nitrogens with one attached hydrogen (secondary N) is 1. The molecule has 1 aromatic carbocycles. The third kappa shape index (κ3) is 2.36. The van der Waals surface area contributed by atoms with E-state index in [4.69, 9.17) is 0 Å². The summed E-state index contributed by atoms with van der Waals surface area (Å²) in [6, 6.07) is 6.52. The second-order valence-electron chi connectivity index (χ2n) is 5.19. The number of Topliss-reactive ketones (excluding diaryl/α,β-unsaturated/α-hetero) is 1. The number of benzene rings is 1. The summed E-state index contributed by atoms with van der Waals surface area (Å²) >= 11 is 1.43. The van der Waals surface area contributed by atoms with Crippen LogP contribution in [0.15, 0.2) is 18.2 Å². The Balaban J connectivity index is 2.08. The zero-order valence-electron chi connectivity index (χ0n) is 11.8. The summed E-state index contributed by atoms with van der Waals surface area (Å²) in [7, 11) is 1.83. The van der Waals surface area contributed by atoms with Crippen LogP contribution in [0.1, 0.15) is 40.6 Å². The van der Waals surface area contributed by atoms with Gasteiger partial charge in [-0.1, -0.05) is 23.5 Å². The van der Waals surface area contributed by atoms with Gasteiger partial charge >= 0.3 is 0 Å². The number of hydrogen-bond acceptors (Lipinski definition) is 4. The van der Waals surface area contributed by atoms with Gasteiger partial charge < -0.3 is 5.32 Å². The van der Waals surface area contributed by atoms with Crippen LogP contribution in [0, 0.1) is 0 Å². The highest BCUT2D eigenvalue weighted by atomic mass is 32.1. The van der Waals surface area contributed by atoms with Crippen LogP contribution in [0.2, 0.25) is 0 Å². The predicted octanol–water partition coefficient (Wildman–Crippen LogP) is 3.93. The van der Waals surface area contributed by atoms with E-state index in [0.29, 0.717) is 0 Å². The minimum atomic E-state index is 0.0803. The smallest absolute Gasteiger partial charge is 0.183 e. The lowest BCUT2D eigenvalue weighted by Crippen LogP contribution is -2.02.